The molecule has 0 aliphatic heterocycles. The summed E-state index contributed by atoms with van der Waals surface area (Å²) >= 11 is 0. The molecule has 1 aromatic carbocycles. The summed E-state index contributed by atoms with van der Waals surface area (Å²) < 4.78 is 0. The van der Waals surface area contributed by atoms with E-state index in [9.17, 15) is 10.1 Å². The first kappa shape index (κ1) is 18.4. The third-order valence-corrected chi connectivity index (χ3v) is 3.47. The van der Waals surface area contributed by atoms with Crippen LogP contribution in [0.5, 0.6) is 0 Å². The van der Waals surface area contributed by atoms with Crippen molar-refractivity contribution in [2.75, 3.05) is 43.6 Å². The Morgan fingerprint density at radius 3 is 2.52 bits per heavy atom. The average molecular weight is 345 g/mol. The minimum absolute atomic E-state index is 0.0662. The second-order valence-corrected chi connectivity index (χ2v) is 5.96. The third-order valence-electron chi connectivity index (χ3n) is 3.47. The number of nitrogen functional groups attached to an aromatic ring is 1. The monoisotopic (exact) mass is 345 g/mol. The fourth-order valence-electron chi connectivity index (χ4n) is 2.19. The van der Waals surface area contributed by atoms with E-state index in [1.165, 1.54) is 0 Å². The summed E-state index contributed by atoms with van der Waals surface area (Å²) in [6, 6.07) is 7.45. The molecule has 1 aromatic heterocycles. The van der Waals surface area contributed by atoms with Crippen LogP contribution in [0.4, 0.5) is 29.0 Å². The number of nitrogens with zero attached hydrogens (tertiary/aromatic N) is 4. The van der Waals surface area contributed by atoms with Crippen molar-refractivity contribution in [2.45, 2.75) is 13.3 Å². The predicted octanol–water partition coefficient (Wildman–Crippen LogP) is 2.38. The van der Waals surface area contributed by atoms with E-state index >= 15 is 0 Å². The normalized spacial score (nSPS) is 10.7. The highest BCUT2D eigenvalue weighted by molar-refractivity contribution is 5.74. The van der Waals surface area contributed by atoms with Crippen LogP contribution in [0.15, 0.2) is 24.3 Å². The molecular formula is C16H23N7O2. The van der Waals surface area contributed by atoms with Crippen LogP contribution in [0.25, 0.3) is 0 Å². The number of benzene rings is 1. The SMILES string of the molecule is Cc1ccc(Nc2nc(NCCCN(C)C)nc(N)c2[N+](=O)[O-])cc1. The topological polar surface area (TPSA) is 122 Å². The first-order valence-corrected chi connectivity index (χ1v) is 7.91. The quantitative estimate of drug-likeness (QED) is 0.379. The van der Waals surface area contributed by atoms with Crippen LogP contribution in [-0.4, -0.2) is 47.0 Å². The van der Waals surface area contributed by atoms with Gasteiger partial charge in [-0.15, -0.1) is 0 Å². The van der Waals surface area contributed by atoms with Gasteiger partial charge in [0.2, 0.25) is 17.6 Å². The maximum absolute atomic E-state index is 11.3. The molecule has 0 saturated carbocycles. The van der Waals surface area contributed by atoms with Gasteiger partial charge < -0.3 is 21.3 Å². The highest BCUT2D eigenvalue weighted by Gasteiger charge is 2.23. The lowest BCUT2D eigenvalue weighted by atomic mass is 10.2. The van der Waals surface area contributed by atoms with E-state index < -0.39 is 4.92 Å². The van der Waals surface area contributed by atoms with E-state index in [2.05, 4.69) is 25.5 Å². The second kappa shape index (κ2) is 8.25. The zero-order valence-electron chi connectivity index (χ0n) is 14.6. The zero-order valence-corrected chi connectivity index (χ0v) is 14.6. The molecule has 0 radical (unpaired) electrons. The minimum Gasteiger partial charge on any atom is -0.378 e. The largest absolute Gasteiger partial charge is 0.378 e. The minimum atomic E-state index is -0.582. The van der Waals surface area contributed by atoms with E-state index in [-0.39, 0.29) is 23.3 Å². The van der Waals surface area contributed by atoms with E-state index in [0.29, 0.717) is 12.2 Å². The fraction of sp³-hybridized carbons (Fsp3) is 0.375. The Bertz CT molecular complexity index is 732. The summed E-state index contributed by atoms with van der Waals surface area (Å²) in [6.07, 6.45) is 0.883. The Kier molecular flexibility index (Phi) is 6.07. The molecule has 0 aliphatic rings. The Morgan fingerprint density at radius 1 is 1.24 bits per heavy atom. The maximum Gasteiger partial charge on any atom is 0.353 e. The molecule has 1 heterocycles. The molecule has 4 N–H and O–H groups in total. The molecule has 0 unspecified atom stereocenters. The van der Waals surface area contributed by atoms with Crippen molar-refractivity contribution in [3.63, 3.8) is 0 Å². The van der Waals surface area contributed by atoms with Gasteiger partial charge in [0.1, 0.15) is 0 Å². The Balaban J connectivity index is 2.22. The fourth-order valence-corrected chi connectivity index (χ4v) is 2.19. The number of nitro groups is 1. The number of nitrogens with one attached hydrogen (secondary N) is 2. The van der Waals surface area contributed by atoms with Crippen LogP contribution in [0, 0.1) is 17.0 Å². The van der Waals surface area contributed by atoms with Gasteiger partial charge in [-0.1, -0.05) is 17.7 Å². The number of hydrogen-bond acceptors (Lipinski definition) is 8. The molecule has 0 fully saturated rings. The number of rotatable bonds is 8. The summed E-state index contributed by atoms with van der Waals surface area (Å²) in [5.41, 5.74) is 7.21. The van der Waals surface area contributed by atoms with Gasteiger partial charge >= 0.3 is 5.69 Å². The molecule has 0 saturated heterocycles. The summed E-state index contributed by atoms with van der Waals surface area (Å²) in [7, 11) is 3.98. The van der Waals surface area contributed by atoms with Crippen LogP contribution in [-0.2, 0) is 0 Å². The number of aryl methyl sites for hydroxylation is 1. The third kappa shape index (κ3) is 5.28. The first-order chi connectivity index (χ1) is 11.9. The van der Waals surface area contributed by atoms with Crippen LogP contribution >= 0.6 is 0 Å². The average Bonchev–Trinajstić information content (AvgIpc) is 2.53. The summed E-state index contributed by atoms with van der Waals surface area (Å²) in [4.78, 5) is 21.0. The number of hydrogen-bond donors (Lipinski definition) is 3. The summed E-state index contributed by atoms with van der Waals surface area (Å²) in [5.74, 6) is 0.151. The molecule has 134 valence electrons. The predicted molar refractivity (Wildman–Crippen MR) is 99.2 cm³/mol. The van der Waals surface area contributed by atoms with Gasteiger partial charge in [-0.2, -0.15) is 9.97 Å². The van der Waals surface area contributed by atoms with Crippen LogP contribution in [0.2, 0.25) is 0 Å². The van der Waals surface area contributed by atoms with Crippen molar-refractivity contribution in [2.24, 2.45) is 0 Å². The lowest BCUT2D eigenvalue weighted by Crippen LogP contribution is -2.17. The van der Waals surface area contributed by atoms with Gasteiger partial charge in [0.15, 0.2) is 0 Å². The molecule has 25 heavy (non-hydrogen) atoms. The van der Waals surface area contributed by atoms with Crippen LogP contribution < -0.4 is 16.4 Å². The van der Waals surface area contributed by atoms with Gasteiger partial charge in [0.25, 0.3) is 0 Å². The smallest absolute Gasteiger partial charge is 0.353 e. The van der Waals surface area contributed by atoms with Gasteiger partial charge in [0.05, 0.1) is 4.92 Å². The molecule has 9 heteroatoms. The van der Waals surface area contributed by atoms with Crippen molar-refractivity contribution in [1.29, 1.82) is 0 Å². The standard InChI is InChI=1S/C16H23N7O2/c1-11-5-7-12(8-6-11)19-15-13(23(24)25)14(17)20-16(21-15)18-9-4-10-22(2)3/h5-8H,4,9-10H2,1-3H3,(H4,17,18,19,20,21). The van der Waals surface area contributed by atoms with Crippen LogP contribution in [0.3, 0.4) is 0 Å². The summed E-state index contributed by atoms with van der Waals surface area (Å²) in [6.45, 7) is 3.51. The van der Waals surface area contributed by atoms with Crippen molar-refractivity contribution in [1.82, 2.24) is 14.9 Å². The van der Waals surface area contributed by atoms with Gasteiger partial charge in [-0.05, 0) is 46.1 Å². The maximum atomic E-state index is 11.3. The lowest BCUT2D eigenvalue weighted by molar-refractivity contribution is -0.383. The Labute approximate surface area is 146 Å². The molecule has 0 bridgehead atoms. The molecule has 9 nitrogen and oxygen atoms in total. The molecule has 2 rings (SSSR count). The molecule has 2 aromatic rings. The van der Waals surface area contributed by atoms with E-state index in [1.54, 1.807) is 0 Å². The van der Waals surface area contributed by atoms with Crippen molar-refractivity contribution >= 4 is 29.0 Å². The first-order valence-electron chi connectivity index (χ1n) is 7.91. The number of nitrogens with two attached hydrogens (primary N) is 1. The van der Waals surface area contributed by atoms with E-state index in [1.807, 2.05) is 45.3 Å². The van der Waals surface area contributed by atoms with Gasteiger partial charge in [-0.25, -0.2) is 0 Å². The molecule has 0 amide bonds. The Morgan fingerprint density at radius 2 is 1.92 bits per heavy atom. The summed E-state index contributed by atoms with van der Waals surface area (Å²) in [5, 5.41) is 17.3. The lowest BCUT2D eigenvalue weighted by Gasteiger charge is -2.12. The van der Waals surface area contributed by atoms with Crippen molar-refractivity contribution in [3.8, 4) is 0 Å². The Hall–Kier alpha value is -2.94. The second-order valence-electron chi connectivity index (χ2n) is 5.96. The molecular weight excluding hydrogens is 322 g/mol. The number of anilines is 4. The van der Waals surface area contributed by atoms with E-state index in [4.69, 9.17) is 5.73 Å². The van der Waals surface area contributed by atoms with E-state index in [0.717, 1.165) is 18.5 Å². The molecule has 0 spiro atoms. The zero-order chi connectivity index (χ0) is 18.4. The number of aromatic nitrogens is 2. The van der Waals surface area contributed by atoms with Crippen molar-refractivity contribution < 1.29 is 4.92 Å². The van der Waals surface area contributed by atoms with Gasteiger partial charge in [-0.3, -0.25) is 10.1 Å². The van der Waals surface area contributed by atoms with Crippen molar-refractivity contribution in [3.05, 3.63) is 39.9 Å². The highest BCUT2D eigenvalue weighted by atomic mass is 16.6. The highest BCUT2D eigenvalue weighted by Crippen LogP contribution is 2.31. The molecule has 0 atom stereocenters. The molecule has 0 aliphatic carbocycles. The van der Waals surface area contributed by atoms with Crippen LogP contribution in [0.1, 0.15) is 12.0 Å². The van der Waals surface area contributed by atoms with Gasteiger partial charge in [0, 0.05) is 12.2 Å².